The van der Waals surface area contributed by atoms with Crippen molar-refractivity contribution in [3.63, 3.8) is 0 Å². The summed E-state index contributed by atoms with van der Waals surface area (Å²) in [6, 6.07) is 4.83. The van der Waals surface area contributed by atoms with Gasteiger partial charge in [0, 0.05) is 0 Å². The number of carbonyl (C=O) groups excluding carboxylic acids is 1. The Hall–Kier alpha value is -0.850. The van der Waals surface area contributed by atoms with Crippen LogP contribution in [0.5, 0.6) is 5.75 Å². The number of hydrogen-bond acceptors (Lipinski definition) is 3. The van der Waals surface area contributed by atoms with Gasteiger partial charge in [-0.25, -0.2) is 0 Å². The van der Waals surface area contributed by atoms with Crippen LogP contribution in [0.4, 0.5) is 0 Å². The van der Waals surface area contributed by atoms with E-state index in [1.807, 2.05) is 0 Å². The van der Waals surface area contributed by atoms with Gasteiger partial charge >= 0.3 is 29.6 Å². The second-order valence-corrected chi connectivity index (χ2v) is 2.70. The maximum Gasteiger partial charge on any atom is 1.00 e. The summed E-state index contributed by atoms with van der Waals surface area (Å²) < 4.78 is 0. The largest absolute Gasteiger partial charge is 1.00 e. The zero-order valence-electron chi connectivity index (χ0n) is 9.15. The molecule has 0 saturated carbocycles. The minimum absolute atomic E-state index is 0. The van der Waals surface area contributed by atoms with Gasteiger partial charge in [-0.05, 0) is 36.3 Å². The number of benzene rings is 1. The Bertz CT molecular complexity index is 362. The van der Waals surface area contributed by atoms with Crippen LogP contribution in [-0.4, -0.2) is 22.0 Å². The molecule has 5 nitrogen and oxygen atoms in total. The van der Waals surface area contributed by atoms with Crippen molar-refractivity contribution in [2.24, 2.45) is 0 Å². The first kappa shape index (κ1) is 20.5. The van der Waals surface area contributed by atoms with Crippen molar-refractivity contribution >= 4 is 12.0 Å². The molecule has 1 aromatic rings. The van der Waals surface area contributed by atoms with E-state index in [1.165, 1.54) is 12.1 Å². The first-order chi connectivity index (χ1) is 6.09. The Balaban J connectivity index is -0.000000563. The van der Waals surface area contributed by atoms with Crippen molar-refractivity contribution in [3.05, 3.63) is 35.4 Å². The van der Waals surface area contributed by atoms with Gasteiger partial charge in [-0.2, -0.15) is 0 Å². The van der Waals surface area contributed by atoms with E-state index in [0.29, 0.717) is 5.56 Å². The number of carbonyl (C=O) groups is 1. The second-order valence-electron chi connectivity index (χ2n) is 2.70. The molecular weight excluding hydrogens is 223 g/mol. The molecule has 1 aromatic carbocycles. The van der Waals surface area contributed by atoms with E-state index in [-0.39, 0.29) is 46.3 Å². The zero-order chi connectivity index (χ0) is 9.84. The quantitative estimate of drug-likeness (QED) is 0.413. The third kappa shape index (κ3) is 6.60. The van der Waals surface area contributed by atoms with Gasteiger partial charge in [-0.15, -0.1) is 0 Å². The van der Waals surface area contributed by atoms with E-state index in [1.54, 1.807) is 19.1 Å². The Labute approximate surface area is 115 Å². The third-order valence-corrected chi connectivity index (χ3v) is 1.63. The fraction of sp³-hybridized carbons (Fsp3) is 0.100. The average Bonchev–Trinajstić information content (AvgIpc) is 2.07. The fourth-order valence-corrected chi connectivity index (χ4v) is 0.947. The van der Waals surface area contributed by atoms with E-state index in [4.69, 9.17) is 5.11 Å². The smallest absolute Gasteiger partial charge is 0.545 e. The van der Waals surface area contributed by atoms with E-state index in [2.05, 4.69) is 0 Å². The van der Waals surface area contributed by atoms with E-state index in [0.717, 1.165) is 11.6 Å². The van der Waals surface area contributed by atoms with Crippen molar-refractivity contribution in [1.82, 2.24) is 0 Å². The first-order valence-electron chi connectivity index (χ1n) is 3.78. The number of hydrogen-bond donors (Lipinski definition) is 1. The molecule has 0 radical (unpaired) electrons. The summed E-state index contributed by atoms with van der Waals surface area (Å²) in [5.74, 6) is -1.03. The molecule has 6 heteroatoms. The summed E-state index contributed by atoms with van der Waals surface area (Å²) in [6.45, 7) is 1.74. The number of rotatable bonds is 2. The zero-order valence-corrected chi connectivity index (χ0v) is 11.2. The Kier molecular flexibility index (Phi) is 12.0. The van der Waals surface area contributed by atoms with Crippen LogP contribution < -0.4 is 34.7 Å². The van der Waals surface area contributed by atoms with Crippen LogP contribution in [-0.2, 0) is 4.79 Å². The SMILES string of the molecule is Cc1cc(C=CC(=O)[O-])ccc1O.O.O.[Na+]. The van der Waals surface area contributed by atoms with Gasteiger partial charge < -0.3 is 26.0 Å². The van der Waals surface area contributed by atoms with Crippen LogP contribution in [0.25, 0.3) is 6.08 Å². The standard InChI is InChI=1S/C10H10O3.Na.2H2O/c1-7-6-8(2-4-9(7)11)3-5-10(12)13;;;/h2-6,11H,1H3,(H,12,13);;2*1H2/q;+1;;/p-1. The summed E-state index contributed by atoms with van der Waals surface area (Å²) in [6.07, 6.45) is 2.37. The van der Waals surface area contributed by atoms with Crippen LogP contribution in [0.2, 0.25) is 0 Å². The van der Waals surface area contributed by atoms with E-state index < -0.39 is 5.97 Å². The number of phenolic OH excluding ortho intramolecular Hbond substituents is 1. The van der Waals surface area contributed by atoms with Crippen molar-refractivity contribution in [1.29, 1.82) is 0 Å². The molecule has 0 aliphatic rings. The molecule has 0 aliphatic heterocycles. The predicted molar refractivity (Wildman–Crippen MR) is 54.1 cm³/mol. The van der Waals surface area contributed by atoms with Gasteiger partial charge in [0.2, 0.25) is 0 Å². The minimum atomic E-state index is -1.23. The monoisotopic (exact) mass is 236 g/mol. The molecule has 0 atom stereocenters. The molecule has 16 heavy (non-hydrogen) atoms. The van der Waals surface area contributed by atoms with Crippen LogP contribution >= 0.6 is 0 Å². The number of carboxylic acids is 1. The van der Waals surface area contributed by atoms with Crippen LogP contribution in [0, 0.1) is 6.92 Å². The minimum Gasteiger partial charge on any atom is -0.545 e. The number of carboxylic acid groups (broad SMARTS) is 1. The van der Waals surface area contributed by atoms with Crippen LogP contribution in [0.3, 0.4) is 0 Å². The summed E-state index contributed by atoms with van der Waals surface area (Å²) in [5, 5.41) is 19.2. The third-order valence-electron chi connectivity index (χ3n) is 1.63. The van der Waals surface area contributed by atoms with Crippen molar-refractivity contribution in [2.45, 2.75) is 6.92 Å². The summed E-state index contributed by atoms with van der Waals surface area (Å²) in [4.78, 5) is 10.1. The van der Waals surface area contributed by atoms with Gasteiger partial charge in [0.05, 0.1) is 5.97 Å². The number of aromatic hydroxyl groups is 1. The molecule has 0 heterocycles. The van der Waals surface area contributed by atoms with Crippen LogP contribution in [0.1, 0.15) is 11.1 Å². The number of aryl methyl sites for hydroxylation is 1. The molecule has 0 aromatic heterocycles. The van der Waals surface area contributed by atoms with Crippen molar-refractivity contribution in [3.8, 4) is 5.75 Å². The van der Waals surface area contributed by atoms with Gasteiger partial charge in [-0.1, -0.05) is 12.1 Å². The number of phenols is 1. The summed E-state index contributed by atoms with van der Waals surface area (Å²) >= 11 is 0. The molecule has 0 saturated heterocycles. The molecule has 5 N–H and O–H groups in total. The van der Waals surface area contributed by atoms with E-state index >= 15 is 0 Å². The van der Waals surface area contributed by atoms with Gasteiger partial charge in [-0.3, -0.25) is 0 Å². The Morgan fingerprint density at radius 2 is 1.94 bits per heavy atom. The average molecular weight is 236 g/mol. The molecule has 0 amide bonds. The molecular formula is C10H13NaO5. The molecule has 0 bridgehead atoms. The van der Waals surface area contributed by atoms with E-state index in [9.17, 15) is 9.90 Å². The van der Waals surface area contributed by atoms with Crippen molar-refractivity contribution < 1.29 is 55.5 Å². The van der Waals surface area contributed by atoms with Crippen LogP contribution in [0.15, 0.2) is 24.3 Å². The number of aliphatic carboxylic acids is 1. The topological polar surface area (TPSA) is 123 Å². The molecule has 0 fully saturated rings. The fourth-order valence-electron chi connectivity index (χ4n) is 0.947. The van der Waals surface area contributed by atoms with Gasteiger partial charge in [0.25, 0.3) is 0 Å². The van der Waals surface area contributed by atoms with Crippen molar-refractivity contribution in [2.75, 3.05) is 0 Å². The predicted octanol–water partition coefficient (Wildman–Crippen LogP) is -4.18. The Morgan fingerprint density at radius 3 is 2.38 bits per heavy atom. The second kappa shape index (κ2) is 9.38. The summed E-state index contributed by atoms with van der Waals surface area (Å²) in [7, 11) is 0. The first-order valence-corrected chi connectivity index (χ1v) is 3.78. The molecule has 0 spiro atoms. The molecule has 1 rings (SSSR count). The maximum absolute atomic E-state index is 10.1. The Morgan fingerprint density at radius 1 is 1.38 bits per heavy atom. The summed E-state index contributed by atoms with van der Waals surface area (Å²) in [5.41, 5.74) is 1.43. The normalized spacial score (nSPS) is 8.56. The maximum atomic E-state index is 10.1. The molecule has 0 aliphatic carbocycles. The molecule has 0 unspecified atom stereocenters. The van der Waals surface area contributed by atoms with Gasteiger partial charge in [0.15, 0.2) is 0 Å². The van der Waals surface area contributed by atoms with Gasteiger partial charge in [0.1, 0.15) is 5.75 Å². The molecule has 84 valence electrons.